The van der Waals surface area contributed by atoms with Gasteiger partial charge in [-0.05, 0) is 31.2 Å². The average molecular weight is 211 g/mol. The van der Waals surface area contributed by atoms with Gasteiger partial charge in [-0.25, -0.2) is 4.98 Å². The molecule has 0 aliphatic heterocycles. The molecule has 0 aliphatic rings. The molecule has 0 radical (unpaired) electrons. The van der Waals surface area contributed by atoms with Crippen LogP contribution < -0.4 is 10.6 Å². The van der Waals surface area contributed by atoms with Crippen molar-refractivity contribution in [3.8, 4) is 0 Å². The molecule has 82 valence electrons. The smallest absolute Gasteiger partial charge is 0.0666 e. The van der Waals surface area contributed by atoms with E-state index in [1.54, 1.807) is 6.08 Å². The van der Waals surface area contributed by atoms with E-state index >= 15 is 0 Å². The zero-order valence-electron chi connectivity index (χ0n) is 9.85. The fourth-order valence-electron chi connectivity index (χ4n) is 1.36. The van der Waals surface area contributed by atoms with Crippen LogP contribution in [0.5, 0.6) is 0 Å². The lowest BCUT2D eigenvalue weighted by Gasteiger charge is -1.93. The van der Waals surface area contributed by atoms with E-state index in [1.807, 2.05) is 56.4 Å². The van der Waals surface area contributed by atoms with Gasteiger partial charge in [0.25, 0.3) is 0 Å². The normalized spacial score (nSPS) is 14.1. The molecule has 0 unspecified atom stereocenters. The molecule has 1 heterocycles. The molecule has 0 N–H and O–H groups in total. The van der Waals surface area contributed by atoms with Gasteiger partial charge in [0.15, 0.2) is 0 Å². The molecule has 0 bridgehead atoms. The van der Waals surface area contributed by atoms with Crippen molar-refractivity contribution in [2.75, 3.05) is 0 Å². The van der Waals surface area contributed by atoms with Crippen LogP contribution in [0.3, 0.4) is 0 Å². The number of pyridine rings is 1. The highest BCUT2D eigenvalue weighted by Crippen LogP contribution is 1.92. The zero-order chi connectivity index (χ0) is 11.8. The summed E-state index contributed by atoms with van der Waals surface area (Å²) in [4.78, 5) is 4.53. The van der Waals surface area contributed by atoms with Crippen LogP contribution in [0.1, 0.15) is 19.5 Å². The summed E-state index contributed by atoms with van der Waals surface area (Å²) in [6, 6.07) is 4.06. The summed E-state index contributed by atoms with van der Waals surface area (Å²) in [7, 11) is 0. The lowest BCUT2D eigenvalue weighted by atomic mass is 10.2. The molecule has 0 aliphatic carbocycles. The summed E-state index contributed by atoms with van der Waals surface area (Å²) in [5.74, 6) is 0. The number of rotatable bonds is 3. The van der Waals surface area contributed by atoms with Gasteiger partial charge in [-0.15, -0.1) is 0 Å². The highest BCUT2D eigenvalue weighted by Gasteiger charge is 1.88. The lowest BCUT2D eigenvalue weighted by molar-refractivity contribution is 1.19. The van der Waals surface area contributed by atoms with Crippen LogP contribution in [0.25, 0.3) is 18.2 Å². The van der Waals surface area contributed by atoms with Crippen LogP contribution in [0.2, 0.25) is 0 Å². The predicted molar refractivity (Wildman–Crippen MR) is 72.1 cm³/mol. The van der Waals surface area contributed by atoms with Gasteiger partial charge in [0.2, 0.25) is 0 Å². The first kappa shape index (κ1) is 12.2. The monoisotopic (exact) mass is 211 g/mol. The summed E-state index contributed by atoms with van der Waals surface area (Å²) >= 11 is 0. The van der Waals surface area contributed by atoms with Crippen LogP contribution in [-0.4, -0.2) is 4.98 Å². The number of aromatic nitrogens is 1. The van der Waals surface area contributed by atoms with Crippen molar-refractivity contribution < 1.29 is 0 Å². The number of allylic oxidation sites excluding steroid dienone is 4. The second kappa shape index (κ2) is 6.57. The van der Waals surface area contributed by atoms with Crippen molar-refractivity contribution >= 4 is 18.2 Å². The summed E-state index contributed by atoms with van der Waals surface area (Å²) < 4.78 is 0. The summed E-state index contributed by atoms with van der Waals surface area (Å²) in [6.07, 6.45) is 13.7. The van der Waals surface area contributed by atoms with Crippen molar-refractivity contribution in [1.29, 1.82) is 0 Å². The topological polar surface area (TPSA) is 12.9 Å². The van der Waals surface area contributed by atoms with Crippen LogP contribution >= 0.6 is 0 Å². The summed E-state index contributed by atoms with van der Waals surface area (Å²) in [5, 5.41) is 2.09. The lowest BCUT2D eigenvalue weighted by Crippen LogP contribution is -2.27. The fraction of sp³-hybridized carbons (Fsp3) is 0.133. The Balaban J connectivity index is 3.20. The largest absolute Gasteiger partial charge is 0.249 e. The Kier molecular flexibility index (Phi) is 5.00. The van der Waals surface area contributed by atoms with E-state index in [4.69, 9.17) is 0 Å². The third-order valence-electron chi connectivity index (χ3n) is 2.12. The Morgan fingerprint density at radius 1 is 1.19 bits per heavy atom. The molecule has 1 heteroatoms. The molecule has 0 fully saturated rings. The minimum atomic E-state index is 0.965. The molecule has 1 aromatic heterocycles. The number of hydrogen-bond acceptors (Lipinski definition) is 1. The third-order valence-corrected chi connectivity index (χ3v) is 2.12. The van der Waals surface area contributed by atoms with Gasteiger partial charge in [0.1, 0.15) is 0 Å². The first-order chi connectivity index (χ1) is 7.81. The Morgan fingerprint density at radius 3 is 2.62 bits per heavy atom. The molecule has 1 aromatic rings. The molecule has 0 saturated heterocycles. The minimum absolute atomic E-state index is 0.965. The second-order valence-corrected chi connectivity index (χ2v) is 3.29. The minimum Gasteiger partial charge on any atom is -0.249 e. The first-order valence-electron chi connectivity index (χ1n) is 5.37. The molecule has 1 nitrogen and oxygen atoms in total. The third kappa shape index (κ3) is 3.35. The zero-order valence-corrected chi connectivity index (χ0v) is 9.85. The van der Waals surface area contributed by atoms with E-state index in [-0.39, 0.29) is 0 Å². The van der Waals surface area contributed by atoms with E-state index in [1.165, 1.54) is 0 Å². The predicted octanol–water partition coefficient (Wildman–Crippen LogP) is 2.44. The molecular weight excluding hydrogens is 194 g/mol. The molecule has 0 amide bonds. The van der Waals surface area contributed by atoms with E-state index in [2.05, 4.69) is 17.6 Å². The van der Waals surface area contributed by atoms with Gasteiger partial charge in [-0.2, -0.15) is 0 Å². The Hall–Kier alpha value is -1.89. The van der Waals surface area contributed by atoms with E-state index in [9.17, 15) is 0 Å². The van der Waals surface area contributed by atoms with Crippen molar-refractivity contribution in [2.45, 2.75) is 13.8 Å². The molecule has 1 rings (SSSR count). The van der Waals surface area contributed by atoms with Crippen LogP contribution in [0.4, 0.5) is 0 Å². The molecule has 0 saturated carbocycles. The quantitative estimate of drug-likeness (QED) is 0.700. The maximum Gasteiger partial charge on any atom is 0.0666 e. The Morgan fingerprint density at radius 2 is 2.00 bits per heavy atom. The van der Waals surface area contributed by atoms with Crippen LogP contribution in [0.15, 0.2) is 43.0 Å². The number of hydrogen-bond donors (Lipinski definition) is 0. The van der Waals surface area contributed by atoms with Crippen LogP contribution in [-0.2, 0) is 0 Å². The second-order valence-electron chi connectivity index (χ2n) is 3.29. The molecule has 0 atom stereocenters. The standard InChI is InChI=1S/C15H17N/c1-4-7-8-10-14-12-11-13(9-5-2)15(6-3)16-14/h4-12H,2H2,1,3H3/b7-4-,10-8-,13-9-,15-6+. The van der Waals surface area contributed by atoms with E-state index in [0.717, 1.165) is 16.3 Å². The maximum atomic E-state index is 4.53. The van der Waals surface area contributed by atoms with Crippen molar-refractivity contribution in [3.63, 3.8) is 0 Å². The van der Waals surface area contributed by atoms with Crippen molar-refractivity contribution in [2.24, 2.45) is 0 Å². The van der Waals surface area contributed by atoms with Crippen molar-refractivity contribution in [3.05, 3.63) is 59.3 Å². The van der Waals surface area contributed by atoms with Crippen LogP contribution in [0, 0.1) is 0 Å². The van der Waals surface area contributed by atoms with E-state index in [0.29, 0.717) is 0 Å². The van der Waals surface area contributed by atoms with Gasteiger partial charge >= 0.3 is 0 Å². The highest BCUT2D eigenvalue weighted by atomic mass is 14.7. The van der Waals surface area contributed by atoms with Gasteiger partial charge in [-0.3, -0.25) is 0 Å². The molecular formula is C15H17N. The van der Waals surface area contributed by atoms with Gasteiger partial charge in [0, 0.05) is 0 Å². The summed E-state index contributed by atoms with van der Waals surface area (Å²) in [5.41, 5.74) is 0.965. The Labute approximate surface area is 96.9 Å². The maximum absolute atomic E-state index is 4.53. The SMILES string of the molecule is C=C/C=c1/ccc(/C=C\C=C/C)n/c1=C/C. The molecule has 0 spiro atoms. The van der Waals surface area contributed by atoms with Crippen molar-refractivity contribution in [1.82, 2.24) is 4.98 Å². The number of nitrogens with zero attached hydrogens (tertiary/aromatic N) is 1. The highest BCUT2D eigenvalue weighted by molar-refractivity contribution is 5.48. The Bertz CT molecular complexity index is 519. The van der Waals surface area contributed by atoms with Gasteiger partial charge in [0.05, 0.1) is 11.0 Å². The van der Waals surface area contributed by atoms with Gasteiger partial charge in [-0.1, -0.05) is 49.1 Å². The molecule has 0 aromatic carbocycles. The summed E-state index contributed by atoms with van der Waals surface area (Å²) in [6.45, 7) is 7.67. The first-order valence-corrected chi connectivity index (χ1v) is 5.37. The van der Waals surface area contributed by atoms with Gasteiger partial charge < -0.3 is 0 Å². The molecule has 16 heavy (non-hydrogen) atoms. The average Bonchev–Trinajstić information content (AvgIpc) is 2.31. The fourth-order valence-corrected chi connectivity index (χ4v) is 1.36. The van der Waals surface area contributed by atoms with E-state index < -0.39 is 0 Å².